The Bertz CT molecular complexity index is 832. The maximum atomic E-state index is 12.1. The van der Waals surface area contributed by atoms with Gasteiger partial charge in [-0.15, -0.1) is 0 Å². The third-order valence-corrected chi connectivity index (χ3v) is 5.02. The number of amides is 3. The summed E-state index contributed by atoms with van der Waals surface area (Å²) < 4.78 is 10.6. The summed E-state index contributed by atoms with van der Waals surface area (Å²) in [7, 11) is 0. The molecule has 182 valence electrons. The van der Waals surface area contributed by atoms with E-state index in [0.717, 1.165) is 5.56 Å². The predicted octanol–water partition coefficient (Wildman–Crippen LogP) is -1.11. The maximum Gasteiger partial charge on any atom is 0.326 e. The molecule has 3 amide bonds. The van der Waals surface area contributed by atoms with E-state index in [0.29, 0.717) is 25.1 Å². The largest absolute Gasteiger partial charge is 0.484 e. The van der Waals surface area contributed by atoms with Crippen LogP contribution in [-0.2, 0) is 25.5 Å². The van der Waals surface area contributed by atoms with Gasteiger partial charge in [0.2, 0.25) is 0 Å². The van der Waals surface area contributed by atoms with Crippen molar-refractivity contribution in [3.63, 3.8) is 0 Å². The number of rotatable bonds is 12. The first-order chi connectivity index (χ1) is 15.7. The number of ether oxygens (including phenoxy) is 2. The summed E-state index contributed by atoms with van der Waals surface area (Å²) in [4.78, 5) is 45.2. The van der Waals surface area contributed by atoms with Crippen LogP contribution in [0.3, 0.4) is 0 Å². The number of carbonyl (C=O) groups excluding carboxylic acids is 3. The number of carboxylic acids is 1. The SMILES string of the molecule is CC(=O)O[C@@H]1[C@@H](O)CN[C@@H]1Cc1ccc(OCC(=O)N[C@@H](CCCNC(N)=O)C(=O)O)cc1. The first-order valence-corrected chi connectivity index (χ1v) is 10.5. The quantitative estimate of drug-likeness (QED) is 0.164. The van der Waals surface area contributed by atoms with Crippen LogP contribution in [0.1, 0.15) is 25.3 Å². The minimum absolute atomic E-state index is 0.119. The van der Waals surface area contributed by atoms with E-state index in [1.165, 1.54) is 6.92 Å². The van der Waals surface area contributed by atoms with Crippen LogP contribution in [0.25, 0.3) is 0 Å². The van der Waals surface area contributed by atoms with E-state index in [1.807, 2.05) is 0 Å². The molecule has 1 aliphatic heterocycles. The van der Waals surface area contributed by atoms with Gasteiger partial charge in [0.15, 0.2) is 6.61 Å². The molecule has 4 atom stereocenters. The van der Waals surface area contributed by atoms with Crippen molar-refractivity contribution in [2.45, 2.75) is 50.5 Å². The Morgan fingerprint density at radius 1 is 1.24 bits per heavy atom. The zero-order chi connectivity index (χ0) is 24.4. The molecule has 0 unspecified atom stereocenters. The fraction of sp³-hybridized carbons (Fsp3) is 0.524. The zero-order valence-corrected chi connectivity index (χ0v) is 18.3. The summed E-state index contributed by atoms with van der Waals surface area (Å²) in [5.41, 5.74) is 5.85. The van der Waals surface area contributed by atoms with Gasteiger partial charge in [0.1, 0.15) is 24.0 Å². The molecule has 0 aromatic heterocycles. The van der Waals surface area contributed by atoms with Crippen molar-refractivity contribution in [2.24, 2.45) is 5.73 Å². The highest BCUT2D eigenvalue weighted by Gasteiger charge is 2.37. The van der Waals surface area contributed by atoms with Gasteiger partial charge in [0.25, 0.3) is 5.91 Å². The van der Waals surface area contributed by atoms with Crippen molar-refractivity contribution < 1.29 is 38.9 Å². The van der Waals surface area contributed by atoms with Crippen LogP contribution in [0.2, 0.25) is 0 Å². The maximum absolute atomic E-state index is 12.1. The van der Waals surface area contributed by atoms with E-state index >= 15 is 0 Å². The normalized spacial score (nSPS) is 20.5. The van der Waals surface area contributed by atoms with E-state index in [9.17, 15) is 29.4 Å². The van der Waals surface area contributed by atoms with Gasteiger partial charge in [-0.1, -0.05) is 12.1 Å². The van der Waals surface area contributed by atoms with Gasteiger partial charge in [-0.2, -0.15) is 0 Å². The summed E-state index contributed by atoms with van der Waals surface area (Å²) in [6.45, 7) is 1.46. The highest BCUT2D eigenvalue weighted by molar-refractivity contribution is 5.84. The number of nitrogens with two attached hydrogens (primary N) is 1. The van der Waals surface area contributed by atoms with Crippen LogP contribution < -0.4 is 26.4 Å². The Kier molecular flexibility index (Phi) is 9.88. The number of aliphatic carboxylic acids is 1. The number of hydrogen-bond acceptors (Lipinski definition) is 8. The molecule has 33 heavy (non-hydrogen) atoms. The third kappa shape index (κ3) is 8.94. The van der Waals surface area contributed by atoms with Crippen LogP contribution >= 0.6 is 0 Å². The number of benzene rings is 1. The van der Waals surface area contributed by atoms with E-state index in [1.54, 1.807) is 24.3 Å². The highest BCUT2D eigenvalue weighted by Crippen LogP contribution is 2.19. The van der Waals surface area contributed by atoms with Crippen molar-refractivity contribution in [3.05, 3.63) is 29.8 Å². The summed E-state index contributed by atoms with van der Waals surface area (Å²) in [5, 5.41) is 27.1. The Morgan fingerprint density at radius 3 is 2.55 bits per heavy atom. The number of primary amides is 1. The number of carboxylic acid groups (broad SMARTS) is 1. The van der Waals surface area contributed by atoms with Crippen LogP contribution in [-0.4, -0.2) is 78.1 Å². The Hall–Kier alpha value is -3.38. The highest BCUT2D eigenvalue weighted by atomic mass is 16.6. The van der Waals surface area contributed by atoms with Crippen molar-refractivity contribution in [3.8, 4) is 5.75 Å². The zero-order valence-electron chi connectivity index (χ0n) is 18.3. The summed E-state index contributed by atoms with van der Waals surface area (Å²) in [5.74, 6) is -1.82. The van der Waals surface area contributed by atoms with Crippen molar-refractivity contribution in [2.75, 3.05) is 19.7 Å². The second-order valence-electron chi connectivity index (χ2n) is 7.68. The van der Waals surface area contributed by atoms with Crippen LogP contribution in [0.5, 0.6) is 5.75 Å². The van der Waals surface area contributed by atoms with Gasteiger partial charge in [0.05, 0.1) is 6.04 Å². The minimum Gasteiger partial charge on any atom is -0.484 e. The lowest BCUT2D eigenvalue weighted by Crippen LogP contribution is -2.43. The number of nitrogens with one attached hydrogen (secondary N) is 3. The van der Waals surface area contributed by atoms with E-state index < -0.39 is 42.1 Å². The van der Waals surface area contributed by atoms with Crippen molar-refractivity contribution >= 4 is 23.9 Å². The van der Waals surface area contributed by atoms with Gasteiger partial charge in [0, 0.05) is 20.0 Å². The predicted molar refractivity (Wildman–Crippen MR) is 115 cm³/mol. The lowest BCUT2D eigenvalue weighted by molar-refractivity contribution is -0.151. The Labute approximate surface area is 190 Å². The molecule has 12 nitrogen and oxygen atoms in total. The Morgan fingerprint density at radius 2 is 1.94 bits per heavy atom. The number of aliphatic hydroxyl groups excluding tert-OH is 1. The lowest BCUT2D eigenvalue weighted by atomic mass is 10.0. The number of β-amino-alcohol motifs (C(OH)–C–C–N with tert-alkyl or cyclic N) is 1. The number of aliphatic hydroxyl groups is 1. The molecule has 1 aromatic rings. The van der Waals surface area contributed by atoms with E-state index in [4.69, 9.17) is 15.2 Å². The first kappa shape index (κ1) is 25.9. The third-order valence-electron chi connectivity index (χ3n) is 5.02. The smallest absolute Gasteiger partial charge is 0.326 e. The van der Waals surface area contributed by atoms with E-state index in [2.05, 4.69) is 16.0 Å². The average Bonchev–Trinajstić information content (AvgIpc) is 3.08. The molecule has 0 spiro atoms. The van der Waals surface area contributed by atoms with Crippen LogP contribution in [0.15, 0.2) is 24.3 Å². The molecule has 0 bridgehead atoms. The molecule has 1 fully saturated rings. The first-order valence-electron chi connectivity index (χ1n) is 10.5. The molecule has 1 heterocycles. The summed E-state index contributed by atoms with van der Waals surface area (Å²) in [6.07, 6.45) is -0.437. The summed E-state index contributed by atoms with van der Waals surface area (Å²) in [6, 6.07) is 4.86. The number of urea groups is 1. The summed E-state index contributed by atoms with van der Waals surface area (Å²) >= 11 is 0. The number of esters is 1. The monoisotopic (exact) mass is 466 g/mol. The lowest BCUT2D eigenvalue weighted by Gasteiger charge is -2.21. The second kappa shape index (κ2) is 12.6. The topological polar surface area (TPSA) is 189 Å². The molecular formula is C21H30N4O8. The van der Waals surface area contributed by atoms with Gasteiger partial charge in [-0.25, -0.2) is 9.59 Å². The van der Waals surface area contributed by atoms with Gasteiger partial charge in [-0.05, 0) is 37.0 Å². The molecule has 1 aromatic carbocycles. The molecular weight excluding hydrogens is 436 g/mol. The fourth-order valence-electron chi connectivity index (χ4n) is 3.45. The number of hydrogen-bond donors (Lipinski definition) is 6. The van der Waals surface area contributed by atoms with Crippen LogP contribution in [0.4, 0.5) is 4.79 Å². The van der Waals surface area contributed by atoms with E-state index in [-0.39, 0.29) is 25.6 Å². The van der Waals surface area contributed by atoms with Gasteiger partial charge < -0.3 is 41.4 Å². The van der Waals surface area contributed by atoms with Crippen LogP contribution in [0, 0.1) is 0 Å². The molecule has 0 saturated carbocycles. The molecule has 0 aliphatic carbocycles. The minimum atomic E-state index is -1.19. The van der Waals surface area contributed by atoms with Gasteiger partial charge in [-0.3, -0.25) is 9.59 Å². The molecule has 7 N–H and O–H groups in total. The Balaban J connectivity index is 1.79. The average molecular weight is 466 g/mol. The van der Waals surface area contributed by atoms with Crippen molar-refractivity contribution in [1.82, 2.24) is 16.0 Å². The standard InChI is InChI=1S/C21H30N4O8/c1-12(26)33-19-16(24-10-17(19)27)9-13-4-6-14(7-5-13)32-11-18(28)25-15(20(29)30)3-2-8-23-21(22)31/h4-7,15-17,19,24,27H,2-3,8-11H2,1H3,(H,25,28)(H,29,30)(H3,22,23,31)/t15-,16+,17-,19-/m0/s1. The second-order valence-corrected chi connectivity index (χ2v) is 7.68. The number of carbonyl (C=O) groups is 4. The van der Waals surface area contributed by atoms with Crippen molar-refractivity contribution in [1.29, 1.82) is 0 Å². The molecule has 1 aliphatic rings. The molecule has 1 saturated heterocycles. The molecule has 2 rings (SSSR count). The molecule has 12 heteroatoms. The fourth-order valence-corrected chi connectivity index (χ4v) is 3.45. The molecule has 0 radical (unpaired) electrons. The van der Waals surface area contributed by atoms with Gasteiger partial charge >= 0.3 is 18.0 Å².